The monoisotopic (exact) mass is 444 g/mol. The van der Waals surface area contributed by atoms with E-state index in [1.54, 1.807) is 13.8 Å². The number of halogens is 4. The van der Waals surface area contributed by atoms with E-state index in [1.807, 2.05) is 0 Å². The van der Waals surface area contributed by atoms with E-state index in [2.05, 4.69) is 10.6 Å². The molecule has 2 rings (SSSR count). The van der Waals surface area contributed by atoms with Gasteiger partial charge in [0.15, 0.2) is 0 Å². The van der Waals surface area contributed by atoms with Crippen LogP contribution in [0.4, 0.5) is 20.2 Å². The van der Waals surface area contributed by atoms with Gasteiger partial charge in [-0.2, -0.15) is 0 Å². The number of carbonyl (C=O) groups excluding carboxylic acids is 2. The van der Waals surface area contributed by atoms with Gasteiger partial charge in [-0.1, -0.05) is 37.0 Å². The third-order valence-corrected chi connectivity index (χ3v) is 4.57. The average molecular weight is 445 g/mol. The Bertz CT molecular complexity index is 892. The van der Waals surface area contributed by atoms with Crippen LogP contribution in [-0.2, 0) is 0 Å². The molecule has 0 atom stereocenters. The van der Waals surface area contributed by atoms with Crippen molar-refractivity contribution < 1.29 is 18.4 Å². The first-order valence-corrected chi connectivity index (χ1v) is 9.22. The van der Waals surface area contributed by atoms with Gasteiger partial charge in [-0.25, -0.2) is 8.78 Å². The van der Waals surface area contributed by atoms with Crippen LogP contribution in [0.25, 0.3) is 0 Å². The Morgan fingerprint density at radius 1 is 0.862 bits per heavy atom. The van der Waals surface area contributed by atoms with Crippen molar-refractivity contribution in [2.24, 2.45) is 5.41 Å². The number of amides is 2. The minimum atomic E-state index is -0.791. The first kappa shape index (κ1) is 22.7. The van der Waals surface area contributed by atoms with E-state index < -0.39 is 28.9 Å². The number of nitrogen functional groups attached to an aromatic ring is 2. The number of hydrogen-bond donors (Lipinski definition) is 4. The highest BCUT2D eigenvalue weighted by molar-refractivity contribution is 6.31. The first-order valence-electron chi connectivity index (χ1n) is 8.47. The highest BCUT2D eigenvalue weighted by atomic mass is 35.5. The maximum absolute atomic E-state index is 13.7. The quantitative estimate of drug-likeness (QED) is 0.509. The smallest absolute Gasteiger partial charge is 0.253 e. The van der Waals surface area contributed by atoms with E-state index in [0.29, 0.717) is 0 Å². The molecule has 0 spiro atoms. The highest BCUT2D eigenvalue weighted by Gasteiger charge is 2.23. The Kier molecular flexibility index (Phi) is 6.92. The zero-order valence-electron chi connectivity index (χ0n) is 15.7. The normalized spacial score (nSPS) is 11.2. The molecule has 156 valence electrons. The van der Waals surface area contributed by atoms with Gasteiger partial charge in [0.25, 0.3) is 11.8 Å². The molecular formula is C19H20Cl2F2N4O2. The first-order chi connectivity index (χ1) is 13.4. The second kappa shape index (κ2) is 8.84. The van der Waals surface area contributed by atoms with Crippen molar-refractivity contribution in [3.8, 4) is 0 Å². The van der Waals surface area contributed by atoms with Gasteiger partial charge in [-0.15, -0.1) is 0 Å². The highest BCUT2D eigenvalue weighted by Crippen LogP contribution is 2.24. The summed E-state index contributed by atoms with van der Waals surface area (Å²) >= 11 is 11.5. The summed E-state index contributed by atoms with van der Waals surface area (Å²) in [4.78, 5) is 24.6. The molecule has 10 heteroatoms. The van der Waals surface area contributed by atoms with E-state index >= 15 is 0 Å². The van der Waals surface area contributed by atoms with Gasteiger partial charge >= 0.3 is 0 Å². The van der Waals surface area contributed by atoms with Crippen molar-refractivity contribution in [1.29, 1.82) is 0 Å². The minimum absolute atomic E-state index is 0.0414. The van der Waals surface area contributed by atoms with Gasteiger partial charge in [0, 0.05) is 23.1 Å². The second-order valence-electron chi connectivity index (χ2n) is 7.23. The van der Waals surface area contributed by atoms with Gasteiger partial charge in [-0.05, 0) is 29.7 Å². The van der Waals surface area contributed by atoms with E-state index in [0.717, 1.165) is 12.1 Å². The van der Waals surface area contributed by atoms with E-state index in [9.17, 15) is 18.4 Å². The van der Waals surface area contributed by atoms with Crippen LogP contribution in [0.5, 0.6) is 0 Å². The Labute approximate surface area is 176 Å². The molecule has 6 N–H and O–H groups in total. The van der Waals surface area contributed by atoms with Crippen LogP contribution in [-0.4, -0.2) is 24.9 Å². The maximum Gasteiger partial charge on any atom is 0.253 e. The molecule has 0 heterocycles. The molecule has 0 saturated carbocycles. The van der Waals surface area contributed by atoms with Crippen LogP contribution in [0.3, 0.4) is 0 Å². The van der Waals surface area contributed by atoms with Crippen LogP contribution in [0.15, 0.2) is 24.3 Å². The third kappa shape index (κ3) is 5.71. The zero-order chi connectivity index (χ0) is 21.9. The van der Waals surface area contributed by atoms with E-state index in [4.69, 9.17) is 34.7 Å². The molecule has 6 nitrogen and oxygen atoms in total. The molecule has 0 bridgehead atoms. The molecule has 0 aromatic heterocycles. The molecule has 0 aliphatic heterocycles. The summed E-state index contributed by atoms with van der Waals surface area (Å²) in [5.74, 6) is -2.80. The number of nitrogens with one attached hydrogen (secondary N) is 2. The molecule has 29 heavy (non-hydrogen) atoms. The molecule has 2 aromatic carbocycles. The molecule has 0 unspecified atom stereocenters. The summed E-state index contributed by atoms with van der Waals surface area (Å²) in [5, 5.41) is 5.34. The van der Waals surface area contributed by atoms with Gasteiger partial charge < -0.3 is 22.1 Å². The molecule has 0 aliphatic carbocycles. The van der Waals surface area contributed by atoms with Crippen molar-refractivity contribution in [2.45, 2.75) is 13.8 Å². The number of carbonyl (C=O) groups is 2. The molecule has 0 fully saturated rings. The van der Waals surface area contributed by atoms with E-state index in [-0.39, 0.29) is 45.6 Å². The van der Waals surface area contributed by atoms with Crippen molar-refractivity contribution >= 4 is 46.4 Å². The summed E-state index contributed by atoms with van der Waals surface area (Å²) in [6.45, 7) is 3.80. The topological polar surface area (TPSA) is 110 Å². The molecule has 0 radical (unpaired) electrons. The fraction of sp³-hybridized carbons (Fsp3) is 0.263. The molecule has 2 amide bonds. The largest absolute Gasteiger partial charge is 0.396 e. The molecule has 2 aromatic rings. The number of nitrogens with two attached hydrogens (primary N) is 2. The lowest BCUT2D eigenvalue weighted by atomic mass is 9.93. The SMILES string of the molecule is CC(C)(CNC(=O)c1cc(Cl)cc(F)c1N)CNC(=O)c1cc(Cl)cc(F)c1N. The standard InChI is InChI=1S/C19H20Cl2F2N4O2/c1-19(2,7-26-17(28)11-3-9(20)5-13(22)15(11)24)8-27-18(29)12-4-10(21)6-14(23)16(12)25/h3-6H,7-8,24-25H2,1-2H3,(H,26,28)(H,27,29). The number of rotatable bonds is 6. The molecular weight excluding hydrogens is 425 g/mol. The van der Waals surface area contributed by atoms with Crippen molar-refractivity contribution in [1.82, 2.24) is 10.6 Å². The third-order valence-electron chi connectivity index (χ3n) is 4.13. The lowest BCUT2D eigenvalue weighted by Gasteiger charge is -2.25. The Balaban J connectivity index is 2.00. The van der Waals surface area contributed by atoms with Crippen LogP contribution in [0.1, 0.15) is 34.6 Å². The van der Waals surface area contributed by atoms with Crippen LogP contribution < -0.4 is 22.1 Å². The fourth-order valence-electron chi connectivity index (χ4n) is 2.44. The summed E-state index contributed by atoms with van der Waals surface area (Å²) in [7, 11) is 0. The predicted molar refractivity (Wildman–Crippen MR) is 110 cm³/mol. The Hall–Kier alpha value is -2.58. The van der Waals surface area contributed by atoms with Crippen molar-refractivity contribution in [2.75, 3.05) is 24.6 Å². The number of anilines is 2. The summed E-state index contributed by atoms with van der Waals surface area (Å²) in [6.07, 6.45) is 0. The Morgan fingerprint density at radius 3 is 1.55 bits per heavy atom. The fourth-order valence-corrected chi connectivity index (χ4v) is 2.85. The van der Waals surface area contributed by atoms with Crippen molar-refractivity contribution in [3.63, 3.8) is 0 Å². The average Bonchev–Trinajstić information content (AvgIpc) is 2.63. The maximum atomic E-state index is 13.7. The van der Waals surface area contributed by atoms with Crippen LogP contribution in [0, 0.1) is 17.0 Å². The van der Waals surface area contributed by atoms with Gasteiger partial charge in [0.2, 0.25) is 0 Å². The summed E-state index contributed by atoms with van der Waals surface area (Å²) in [5.41, 5.74) is 9.78. The second-order valence-corrected chi connectivity index (χ2v) is 8.10. The Morgan fingerprint density at radius 2 is 1.21 bits per heavy atom. The van der Waals surface area contributed by atoms with Gasteiger partial charge in [-0.3, -0.25) is 9.59 Å². The lowest BCUT2D eigenvalue weighted by molar-refractivity contribution is 0.0920. The predicted octanol–water partition coefficient (Wildman–Crippen LogP) is 3.62. The number of benzene rings is 2. The van der Waals surface area contributed by atoms with Crippen molar-refractivity contribution in [3.05, 3.63) is 57.1 Å². The van der Waals surface area contributed by atoms with E-state index in [1.165, 1.54) is 12.1 Å². The van der Waals surface area contributed by atoms with Crippen LogP contribution >= 0.6 is 23.2 Å². The summed E-state index contributed by atoms with van der Waals surface area (Å²) in [6, 6.07) is 4.55. The minimum Gasteiger partial charge on any atom is -0.396 e. The number of hydrogen-bond acceptors (Lipinski definition) is 4. The van der Waals surface area contributed by atoms with Gasteiger partial charge in [0.05, 0.1) is 22.5 Å². The summed E-state index contributed by atoms with van der Waals surface area (Å²) < 4.78 is 27.3. The lowest BCUT2D eigenvalue weighted by Crippen LogP contribution is -2.42. The zero-order valence-corrected chi connectivity index (χ0v) is 17.2. The van der Waals surface area contributed by atoms with Crippen LogP contribution in [0.2, 0.25) is 10.0 Å². The molecule has 0 aliphatic rings. The molecule has 0 saturated heterocycles. The van der Waals surface area contributed by atoms with Gasteiger partial charge in [0.1, 0.15) is 11.6 Å².